The number of phenols is 2. The fourth-order valence-corrected chi connectivity index (χ4v) is 12.0. The second-order valence-electron chi connectivity index (χ2n) is 16.8. The molecule has 0 aliphatic rings. The Bertz CT molecular complexity index is 5180. The fourth-order valence-electron chi connectivity index (χ4n) is 7.68. The van der Waals surface area contributed by atoms with Crippen molar-refractivity contribution in [2.24, 2.45) is 40.9 Å². The van der Waals surface area contributed by atoms with Crippen molar-refractivity contribution in [2.45, 2.75) is 29.4 Å². The third-order valence-corrected chi connectivity index (χ3v) is 17.0. The zero-order valence-electron chi connectivity index (χ0n) is 41.1. The number of hydrogen-bond donors (Lipinski definition) is 11. The summed E-state index contributed by atoms with van der Waals surface area (Å²) >= 11 is 6.29. The van der Waals surface area contributed by atoms with Crippen LogP contribution in [0, 0.1) is 10.1 Å². The van der Waals surface area contributed by atoms with Crippen molar-refractivity contribution in [3.63, 3.8) is 0 Å². The normalized spacial score (nSPS) is 13.1. The standard InChI is InChI=1S/C42H27ClN12O25S6/c43-23-11-16(12-30(84(72,73)74)34(23)50-52-36-37(42(59)60)53-54(41(36)58)17-1-4-19(5-2-17)81(63,64)65)45-51-35-31(85(75,76)77)14-22-20(38(35)56)6-10-26(40(22)86(78,79)80)48-49-27-15-28(82(66,67)68)21-7-9-25(39(57)32(21)33(27)44)47-46-24-8-3-18(55(61)62)13-29(24)83(69,70)71/h1-15,56-58H,44H2,(H,59,60)(H,63,64,65)(H,66,67,68)(H,69,70,71)(H,72,73,74)(H,75,76,77)(H,78,79,80)/b47-46+,49-48+,51-45+,52-50-. The van der Waals surface area contributed by atoms with Gasteiger partial charge in [-0.1, -0.05) is 17.7 Å². The number of halogens is 1. The SMILES string of the molecule is Nc1c(/N=N/c2ccc3c(O)c(/N=N/c4cc(Cl)c(/N=N\c5c(C(=O)O)nn(-c6ccc(S(=O)(=O)O)cc6)c5O)c(S(=O)(=O)O)c4)c(S(=O)(=O)O)cc3c2S(=O)(=O)O)cc(S(=O)(=O)O)c2ccc(/N=N/c3ccc([N+](=O)[O-])cc3S(=O)(=O)O)c(O)c12. The predicted octanol–water partition coefficient (Wildman–Crippen LogP) is 8.28. The number of nitrogen functional groups attached to an aromatic ring is 1. The lowest BCUT2D eigenvalue weighted by atomic mass is 10.1. The van der Waals surface area contributed by atoms with Crippen molar-refractivity contribution < 1.29 is 108 Å². The van der Waals surface area contributed by atoms with Gasteiger partial charge < -0.3 is 26.2 Å². The molecule has 86 heavy (non-hydrogen) atoms. The van der Waals surface area contributed by atoms with Crippen LogP contribution in [0.3, 0.4) is 0 Å². The number of phenolic OH excluding ortho intramolecular Hbond substituents is 2. The molecular formula is C42H27ClN12O25S6. The largest absolute Gasteiger partial charge is 0.505 e. The first-order chi connectivity index (χ1) is 39.7. The molecule has 0 radical (unpaired) electrons. The van der Waals surface area contributed by atoms with Crippen molar-refractivity contribution in [1.82, 2.24) is 9.78 Å². The van der Waals surface area contributed by atoms with Gasteiger partial charge in [0.1, 0.15) is 58.6 Å². The molecule has 0 spiro atoms. The Morgan fingerprint density at radius 2 is 1.05 bits per heavy atom. The number of nitro groups is 1. The number of azo groups is 4. The minimum atomic E-state index is -5.72. The summed E-state index contributed by atoms with van der Waals surface area (Å²) in [5.41, 5.74) is -3.74. The highest BCUT2D eigenvalue weighted by Gasteiger charge is 2.31. The summed E-state index contributed by atoms with van der Waals surface area (Å²) in [6.07, 6.45) is 0. The number of carboxylic acid groups (broad SMARTS) is 1. The number of nitrogens with two attached hydrogens (primary N) is 1. The molecule has 0 atom stereocenters. The first kappa shape index (κ1) is 62.5. The van der Waals surface area contributed by atoms with E-state index in [1.165, 1.54) is 0 Å². The summed E-state index contributed by atoms with van der Waals surface area (Å²) in [7, 11) is -32.2. The van der Waals surface area contributed by atoms with Crippen LogP contribution in [0.2, 0.25) is 5.02 Å². The van der Waals surface area contributed by atoms with E-state index in [0.717, 1.165) is 54.6 Å². The van der Waals surface area contributed by atoms with E-state index >= 15 is 0 Å². The topological polar surface area (TPSA) is 610 Å². The Balaban J connectivity index is 1.21. The van der Waals surface area contributed by atoms with Gasteiger partial charge in [-0.3, -0.25) is 37.4 Å². The van der Waals surface area contributed by atoms with Gasteiger partial charge in [-0.25, -0.2) is 4.79 Å². The Kier molecular flexibility index (Phi) is 16.1. The average Bonchev–Trinajstić information content (AvgIpc) is 0.978. The molecular weight excluding hydrogens is 1300 g/mol. The summed E-state index contributed by atoms with van der Waals surface area (Å²) in [5.74, 6) is -5.41. The van der Waals surface area contributed by atoms with E-state index in [-0.39, 0.29) is 5.69 Å². The zero-order chi connectivity index (χ0) is 63.7. The number of nitro benzene ring substituents is 1. The van der Waals surface area contributed by atoms with E-state index in [9.17, 15) is 113 Å². The van der Waals surface area contributed by atoms with Crippen LogP contribution >= 0.6 is 11.6 Å². The molecule has 0 bridgehead atoms. The van der Waals surface area contributed by atoms with Crippen LogP contribution < -0.4 is 5.73 Å². The van der Waals surface area contributed by atoms with Crippen molar-refractivity contribution in [2.75, 3.05) is 5.73 Å². The predicted molar refractivity (Wildman–Crippen MR) is 288 cm³/mol. The molecule has 0 saturated heterocycles. The number of fused-ring (bicyclic) bond motifs is 2. The summed E-state index contributed by atoms with van der Waals surface area (Å²) in [4.78, 5) is 15.3. The second-order valence-corrected chi connectivity index (χ2v) is 25.6. The number of aromatic hydroxyl groups is 3. The van der Waals surface area contributed by atoms with Gasteiger partial charge in [0.2, 0.25) is 11.6 Å². The zero-order valence-corrected chi connectivity index (χ0v) is 46.7. The Hall–Kier alpha value is -9.51. The third kappa shape index (κ3) is 12.5. The number of benzene rings is 7. The van der Waals surface area contributed by atoms with Gasteiger partial charge in [-0.2, -0.15) is 65.4 Å². The van der Waals surface area contributed by atoms with Gasteiger partial charge >= 0.3 is 5.97 Å². The van der Waals surface area contributed by atoms with Gasteiger partial charge in [-0.15, -0.1) is 35.8 Å². The van der Waals surface area contributed by atoms with Crippen molar-refractivity contribution in [1.29, 1.82) is 0 Å². The van der Waals surface area contributed by atoms with Crippen molar-refractivity contribution in [3.05, 3.63) is 112 Å². The molecule has 0 fully saturated rings. The lowest BCUT2D eigenvalue weighted by Gasteiger charge is -2.13. The van der Waals surface area contributed by atoms with E-state index in [1.54, 1.807) is 0 Å². The maximum absolute atomic E-state index is 13.1. The molecule has 0 amide bonds. The minimum absolute atomic E-state index is 0.212. The minimum Gasteiger partial charge on any atom is -0.505 e. The Morgan fingerprint density at radius 3 is 1.62 bits per heavy atom. The monoisotopic (exact) mass is 1330 g/mol. The second kappa shape index (κ2) is 22.2. The number of aromatic carboxylic acids is 1. The van der Waals surface area contributed by atoms with Gasteiger partial charge in [0.15, 0.2) is 17.2 Å². The smallest absolute Gasteiger partial charge is 0.358 e. The van der Waals surface area contributed by atoms with Crippen LogP contribution in [0.4, 0.5) is 56.9 Å². The Labute approximate surface area is 482 Å². The van der Waals surface area contributed by atoms with Gasteiger partial charge in [0.25, 0.3) is 66.4 Å². The lowest BCUT2D eigenvalue weighted by Crippen LogP contribution is -2.03. The number of nitrogens with zero attached hydrogens (tertiary/aromatic N) is 11. The maximum Gasteiger partial charge on any atom is 0.358 e. The van der Waals surface area contributed by atoms with Crippen LogP contribution in [0.15, 0.2) is 161 Å². The first-order valence-corrected chi connectivity index (χ1v) is 30.9. The Morgan fingerprint density at radius 1 is 0.523 bits per heavy atom. The maximum atomic E-state index is 13.1. The van der Waals surface area contributed by atoms with Gasteiger partial charge in [0, 0.05) is 28.3 Å². The molecule has 44 heteroatoms. The first-order valence-electron chi connectivity index (χ1n) is 21.9. The quantitative estimate of drug-likeness (QED) is 0.0134. The molecule has 448 valence electrons. The van der Waals surface area contributed by atoms with Gasteiger partial charge in [-0.05, 0) is 72.8 Å². The summed E-state index contributed by atoms with van der Waals surface area (Å²) in [5, 5.41) is 83.3. The molecule has 0 aliphatic carbocycles. The average molecular weight is 1330 g/mol. The molecule has 7 aromatic carbocycles. The fraction of sp³-hybridized carbons (Fsp3) is 0. The lowest BCUT2D eigenvalue weighted by molar-refractivity contribution is -0.385. The van der Waals surface area contributed by atoms with Crippen LogP contribution in [0.1, 0.15) is 10.5 Å². The molecule has 0 aliphatic heterocycles. The van der Waals surface area contributed by atoms with Crippen LogP contribution in [0.5, 0.6) is 17.4 Å². The number of hydrogen-bond acceptors (Lipinski definition) is 28. The highest BCUT2D eigenvalue weighted by Crippen LogP contribution is 2.49. The van der Waals surface area contributed by atoms with E-state index in [1.807, 2.05) is 0 Å². The highest BCUT2D eigenvalue weighted by molar-refractivity contribution is 7.87. The molecule has 37 nitrogen and oxygen atoms in total. The molecule has 12 N–H and O–H groups in total. The van der Waals surface area contributed by atoms with E-state index in [4.69, 9.17) is 17.3 Å². The van der Waals surface area contributed by atoms with Crippen molar-refractivity contribution in [3.8, 4) is 23.1 Å². The van der Waals surface area contributed by atoms with E-state index in [2.05, 4.69) is 46.0 Å². The van der Waals surface area contributed by atoms with E-state index < -0.39 is 207 Å². The number of carboxylic acids is 1. The number of anilines is 1. The van der Waals surface area contributed by atoms with Crippen molar-refractivity contribution >= 4 is 157 Å². The highest BCUT2D eigenvalue weighted by atomic mass is 35.5. The molecule has 8 rings (SSSR count). The summed E-state index contributed by atoms with van der Waals surface area (Å²) in [6.45, 7) is 0. The van der Waals surface area contributed by atoms with Gasteiger partial charge in [0.05, 0.1) is 37.3 Å². The molecule has 0 saturated carbocycles. The molecule has 8 aromatic rings. The summed E-state index contributed by atoms with van der Waals surface area (Å²) in [6, 6.07) is 10.8. The number of aromatic nitrogens is 2. The third-order valence-electron chi connectivity index (χ3n) is 11.4. The van der Waals surface area contributed by atoms with Crippen LogP contribution in [-0.4, -0.2) is 119 Å². The molecule has 1 heterocycles. The van der Waals surface area contributed by atoms with Crippen LogP contribution in [0.25, 0.3) is 27.2 Å². The molecule has 0 unspecified atom stereocenters. The summed E-state index contributed by atoms with van der Waals surface area (Å²) < 4.78 is 210. The number of non-ortho nitro benzene ring substituents is 1. The number of rotatable bonds is 17. The molecule has 1 aromatic heterocycles. The van der Waals surface area contributed by atoms with Crippen LogP contribution in [-0.2, 0) is 60.7 Å². The van der Waals surface area contributed by atoms with E-state index in [0.29, 0.717) is 41.1 Å². The number of carbonyl (C=O) groups is 1.